The first-order valence-electron chi connectivity index (χ1n) is 12.9. The minimum absolute atomic E-state index is 0.0689. The zero-order valence-corrected chi connectivity index (χ0v) is 21.0. The summed E-state index contributed by atoms with van der Waals surface area (Å²) >= 11 is 0. The molecule has 1 fully saturated rings. The van der Waals surface area contributed by atoms with Gasteiger partial charge in [0.2, 0.25) is 0 Å². The van der Waals surface area contributed by atoms with Crippen LogP contribution in [-0.2, 0) is 27.8 Å². The standard InChI is InChI=1S/C30H33NO4/c1-17(2)21-14-18-10-11-23-29(3,4)12-7-13-30(23)25(18)27(35-28(30)33)26(21)34-24(32)15-19-16-31-22-9-6-5-8-20(19)22/h5-6,8-9,14,16-17,23,31H,7,10-13,15H2,1-4H3/t23-,30+/m0/s1. The van der Waals surface area contributed by atoms with Crippen LogP contribution in [0, 0.1) is 11.3 Å². The van der Waals surface area contributed by atoms with Gasteiger partial charge in [-0.15, -0.1) is 0 Å². The highest BCUT2D eigenvalue weighted by Crippen LogP contribution is 2.64. The van der Waals surface area contributed by atoms with Crippen molar-refractivity contribution < 1.29 is 19.1 Å². The highest BCUT2D eigenvalue weighted by molar-refractivity contribution is 5.95. The molecule has 1 spiro atoms. The molecule has 1 aromatic heterocycles. The van der Waals surface area contributed by atoms with Crippen molar-refractivity contribution in [3.05, 3.63) is 58.8 Å². The van der Waals surface area contributed by atoms with Gasteiger partial charge >= 0.3 is 11.9 Å². The second-order valence-corrected chi connectivity index (χ2v) is 11.6. The molecule has 1 aliphatic heterocycles. The Hall–Kier alpha value is -3.08. The van der Waals surface area contributed by atoms with Gasteiger partial charge in [0.15, 0.2) is 11.5 Å². The molecule has 2 aliphatic carbocycles. The van der Waals surface area contributed by atoms with Gasteiger partial charge in [0.05, 0.1) is 6.42 Å². The van der Waals surface area contributed by atoms with E-state index in [-0.39, 0.29) is 35.6 Å². The number of hydrogen-bond donors (Lipinski definition) is 1. The third kappa shape index (κ3) is 3.20. The topological polar surface area (TPSA) is 68.4 Å². The lowest BCUT2D eigenvalue weighted by atomic mass is 9.50. The number of esters is 2. The summed E-state index contributed by atoms with van der Waals surface area (Å²) in [5, 5.41) is 1.01. The Morgan fingerprint density at radius 2 is 2.03 bits per heavy atom. The Balaban J connectivity index is 1.43. The average molecular weight is 472 g/mol. The number of ether oxygens (including phenoxy) is 2. The molecular weight excluding hydrogens is 438 g/mol. The lowest BCUT2D eigenvalue weighted by Gasteiger charge is -2.51. The number of aromatic amines is 1. The first-order chi connectivity index (χ1) is 16.7. The normalized spacial score (nSPS) is 24.3. The van der Waals surface area contributed by atoms with Crippen LogP contribution >= 0.6 is 0 Å². The third-order valence-corrected chi connectivity index (χ3v) is 8.83. The van der Waals surface area contributed by atoms with E-state index >= 15 is 0 Å². The largest absolute Gasteiger partial charge is 0.422 e. The number of carbonyl (C=O) groups excluding carboxylic acids is 2. The summed E-state index contributed by atoms with van der Waals surface area (Å²) in [6.45, 7) is 8.76. The molecule has 0 unspecified atom stereocenters. The van der Waals surface area contributed by atoms with Crippen molar-refractivity contribution in [3.8, 4) is 11.5 Å². The first-order valence-corrected chi connectivity index (χ1v) is 12.9. The molecule has 0 bridgehead atoms. The van der Waals surface area contributed by atoms with E-state index in [1.54, 1.807) is 0 Å². The molecule has 2 atom stereocenters. The van der Waals surface area contributed by atoms with Gasteiger partial charge in [-0.25, -0.2) is 0 Å². The summed E-state index contributed by atoms with van der Waals surface area (Å²) in [7, 11) is 0. The van der Waals surface area contributed by atoms with Crippen molar-refractivity contribution >= 4 is 22.8 Å². The van der Waals surface area contributed by atoms with Crippen LogP contribution in [0.25, 0.3) is 10.9 Å². The van der Waals surface area contributed by atoms with E-state index < -0.39 is 5.41 Å². The van der Waals surface area contributed by atoms with Crippen molar-refractivity contribution in [2.24, 2.45) is 11.3 Å². The number of aromatic nitrogens is 1. The Bertz CT molecular complexity index is 1360. The van der Waals surface area contributed by atoms with E-state index in [1.165, 1.54) is 5.56 Å². The van der Waals surface area contributed by atoms with Crippen LogP contribution in [0.3, 0.4) is 0 Å². The van der Waals surface area contributed by atoms with Crippen LogP contribution in [0.5, 0.6) is 11.5 Å². The zero-order valence-electron chi connectivity index (χ0n) is 21.0. The highest BCUT2D eigenvalue weighted by atomic mass is 16.6. The summed E-state index contributed by atoms with van der Waals surface area (Å²) in [6, 6.07) is 10.1. The molecule has 2 heterocycles. The van der Waals surface area contributed by atoms with E-state index in [9.17, 15) is 9.59 Å². The number of para-hydroxylation sites is 1. The third-order valence-electron chi connectivity index (χ3n) is 8.83. The van der Waals surface area contributed by atoms with Gasteiger partial charge in [0.1, 0.15) is 5.41 Å². The van der Waals surface area contributed by atoms with Crippen LogP contribution in [0.2, 0.25) is 0 Å². The number of carbonyl (C=O) groups is 2. The van der Waals surface area contributed by atoms with Crippen LogP contribution in [-0.4, -0.2) is 16.9 Å². The smallest absolute Gasteiger partial charge is 0.322 e. The fourth-order valence-corrected chi connectivity index (χ4v) is 7.22. The van der Waals surface area contributed by atoms with E-state index in [4.69, 9.17) is 9.47 Å². The van der Waals surface area contributed by atoms with Crippen LogP contribution in [0.1, 0.15) is 81.5 Å². The predicted molar refractivity (Wildman–Crippen MR) is 135 cm³/mol. The monoisotopic (exact) mass is 471 g/mol. The fraction of sp³-hybridized carbons (Fsp3) is 0.467. The molecule has 2 aromatic carbocycles. The van der Waals surface area contributed by atoms with Gasteiger partial charge in [-0.2, -0.15) is 0 Å². The number of fused-ring (bicyclic) bond motifs is 1. The van der Waals surface area contributed by atoms with Crippen molar-refractivity contribution in [2.75, 3.05) is 0 Å². The molecule has 3 aromatic rings. The van der Waals surface area contributed by atoms with Gasteiger partial charge < -0.3 is 14.5 Å². The van der Waals surface area contributed by atoms with Gasteiger partial charge in [-0.1, -0.05) is 58.4 Å². The maximum atomic E-state index is 13.6. The van der Waals surface area contributed by atoms with E-state index in [1.807, 2.05) is 30.5 Å². The molecule has 3 aliphatic rings. The Morgan fingerprint density at radius 3 is 2.83 bits per heavy atom. The maximum Gasteiger partial charge on any atom is 0.322 e. The summed E-state index contributed by atoms with van der Waals surface area (Å²) in [5.41, 5.74) is 4.48. The second kappa shape index (κ2) is 7.71. The summed E-state index contributed by atoms with van der Waals surface area (Å²) < 4.78 is 12.2. The number of H-pyrrole nitrogens is 1. The van der Waals surface area contributed by atoms with E-state index in [0.717, 1.165) is 59.7 Å². The zero-order chi connectivity index (χ0) is 24.5. The number of benzene rings is 2. The van der Waals surface area contributed by atoms with Gasteiger partial charge in [-0.05, 0) is 60.1 Å². The van der Waals surface area contributed by atoms with Gasteiger partial charge in [0, 0.05) is 28.2 Å². The van der Waals surface area contributed by atoms with E-state index in [0.29, 0.717) is 11.5 Å². The Kier molecular flexibility index (Phi) is 4.93. The molecule has 0 saturated heterocycles. The predicted octanol–water partition coefficient (Wildman–Crippen LogP) is 6.37. The minimum atomic E-state index is -0.613. The summed E-state index contributed by atoms with van der Waals surface area (Å²) in [6.07, 6.45) is 6.86. The number of aryl methyl sites for hydroxylation is 1. The molecule has 0 amide bonds. The molecule has 5 heteroatoms. The molecule has 1 N–H and O–H groups in total. The highest BCUT2D eigenvalue weighted by Gasteiger charge is 2.62. The molecule has 0 radical (unpaired) electrons. The second-order valence-electron chi connectivity index (χ2n) is 11.6. The van der Waals surface area contributed by atoms with Crippen LogP contribution < -0.4 is 9.47 Å². The fourth-order valence-electron chi connectivity index (χ4n) is 7.22. The van der Waals surface area contributed by atoms with Crippen molar-refractivity contribution in [1.82, 2.24) is 4.98 Å². The quantitative estimate of drug-likeness (QED) is 0.355. The Morgan fingerprint density at radius 1 is 1.23 bits per heavy atom. The Labute approximate surface area is 206 Å². The first kappa shape index (κ1) is 22.4. The lowest BCUT2D eigenvalue weighted by molar-refractivity contribution is -0.146. The molecular formula is C30H33NO4. The lowest BCUT2D eigenvalue weighted by Crippen LogP contribution is -2.52. The van der Waals surface area contributed by atoms with Crippen LogP contribution in [0.15, 0.2) is 36.5 Å². The number of nitrogens with one attached hydrogen (secondary N) is 1. The number of hydrogen-bond acceptors (Lipinski definition) is 4. The summed E-state index contributed by atoms with van der Waals surface area (Å²) in [5.74, 6) is 0.818. The van der Waals surface area contributed by atoms with Gasteiger partial charge in [0.25, 0.3) is 0 Å². The van der Waals surface area contributed by atoms with Gasteiger partial charge in [-0.3, -0.25) is 9.59 Å². The molecule has 1 saturated carbocycles. The van der Waals surface area contributed by atoms with Crippen molar-refractivity contribution in [3.63, 3.8) is 0 Å². The van der Waals surface area contributed by atoms with Crippen molar-refractivity contribution in [1.29, 1.82) is 0 Å². The molecule has 35 heavy (non-hydrogen) atoms. The molecule has 182 valence electrons. The summed E-state index contributed by atoms with van der Waals surface area (Å²) in [4.78, 5) is 30.1. The van der Waals surface area contributed by atoms with E-state index in [2.05, 4.69) is 38.7 Å². The van der Waals surface area contributed by atoms with Crippen LogP contribution in [0.4, 0.5) is 0 Å². The maximum absolute atomic E-state index is 13.6. The minimum Gasteiger partial charge on any atom is -0.422 e. The van der Waals surface area contributed by atoms with Crippen molar-refractivity contribution in [2.45, 2.75) is 77.6 Å². The molecule has 5 nitrogen and oxygen atoms in total. The SMILES string of the molecule is CC(C)c1cc2c3c(c1OC(=O)Cc1c[nH]c4ccccc14)OC(=O)[C@@]31CCCC(C)(C)[C@@H]1CC2. The molecule has 6 rings (SSSR count). The average Bonchev–Trinajstić information content (AvgIpc) is 3.34. The number of rotatable bonds is 4.